The summed E-state index contributed by atoms with van der Waals surface area (Å²) in [5, 5.41) is 9.18. The van der Waals surface area contributed by atoms with Crippen LogP contribution in [0.3, 0.4) is 0 Å². The molecular weight excluding hydrogens is 400 g/mol. The lowest BCUT2D eigenvalue weighted by Crippen LogP contribution is -2.37. The van der Waals surface area contributed by atoms with Crippen LogP contribution in [0.2, 0.25) is 0 Å². The van der Waals surface area contributed by atoms with Gasteiger partial charge in [-0.2, -0.15) is 5.10 Å². The van der Waals surface area contributed by atoms with Crippen LogP contribution in [0.5, 0.6) is 0 Å². The largest absolute Gasteiger partial charge is 0.347 e. The smallest absolute Gasteiger partial charge is 0.261 e. The van der Waals surface area contributed by atoms with Crippen molar-refractivity contribution in [3.8, 4) is 5.69 Å². The zero-order chi connectivity index (χ0) is 21.8. The highest BCUT2D eigenvalue weighted by molar-refractivity contribution is 6.21. The van der Waals surface area contributed by atoms with Crippen molar-refractivity contribution in [1.29, 1.82) is 0 Å². The van der Waals surface area contributed by atoms with Crippen LogP contribution < -0.4 is 10.6 Å². The average Bonchev–Trinajstić information content (AvgIpc) is 3.40. The second kappa shape index (κ2) is 8.57. The molecule has 3 aromatic rings. The van der Waals surface area contributed by atoms with Crippen molar-refractivity contribution < 1.29 is 19.2 Å². The number of anilines is 1. The maximum Gasteiger partial charge on any atom is 0.261 e. The summed E-state index contributed by atoms with van der Waals surface area (Å²) < 4.78 is 1.58. The molecule has 0 saturated carbocycles. The van der Waals surface area contributed by atoms with Crippen LogP contribution in [0.15, 0.2) is 61.2 Å². The van der Waals surface area contributed by atoms with Gasteiger partial charge in [-0.25, -0.2) is 9.67 Å². The number of carbonyl (C=O) groups is 4. The van der Waals surface area contributed by atoms with Gasteiger partial charge in [-0.05, 0) is 36.4 Å². The molecule has 2 heterocycles. The summed E-state index contributed by atoms with van der Waals surface area (Å²) in [5.41, 5.74) is 2.02. The first-order valence-electron chi connectivity index (χ1n) is 9.50. The molecule has 1 aromatic heterocycles. The molecular formula is C21H18N6O4. The van der Waals surface area contributed by atoms with Crippen molar-refractivity contribution in [2.24, 2.45) is 0 Å². The van der Waals surface area contributed by atoms with Gasteiger partial charge in [0, 0.05) is 18.7 Å². The fourth-order valence-electron chi connectivity index (χ4n) is 3.17. The highest BCUT2D eigenvalue weighted by atomic mass is 16.2. The van der Waals surface area contributed by atoms with Crippen LogP contribution in [0.1, 0.15) is 27.1 Å². The van der Waals surface area contributed by atoms with Crippen molar-refractivity contribution in [1.82, 2.24) is 25.0 Å². The van der Waals surface area contributed by atoms with Gasteiger partial charge in [0.2, 0.25) is 11.8 Å². The summed E-state index contributed by atoms with van der Waals surface area (Å²) in [5.74, 6) is -1.67. The Bertz CT molecular complexity index is 1110. The van der Waals surface area contributed by atoms with E-state index in [1.165, 1.54) is 6.33 Å². The van der Waals surface area contributed by atoms with E-state index in [4.69, 9.17) is 0 Å². The molecule has 0 bridgehead atoms. The van der Waals surface area contributed by atoms with Gasteiger partial charge in [0.15, 0.2) is 0 Å². The predicted octanol–water partition coefficient (Wildman–Crippen LogP) is 1.01. The Balaban J connectivity index is 1.22. The molecule has 0 atom stereocenters. The van der Waals surface area contributed by atoms with Crippen molar-refractivity contribution in [2.45, 2.75) is 6.42 Å². The Morgan fingerprint density at radius 1 is 0.903 bits per heavy atom. The van der Waals surface area contributed by atoms with Crippen molar-refractivity contribution >= 4 is 29.3 Å². The van der Waals surface area contributed by atoms with Crippen molar-refractivity contribution in [3.63, 3.8) is 0 Å². The third kappa shape index (κ3) is 4.32. The second-order valence-electron chi connectivity index (χ2n) is 6.77. The van der Waals surface area contributed by atoms with Crippen molar-refractivity contribution in [2.75, 3.05) is 18.4 Å². The van der Waals surface area contributed by atoms with E-state index in [1.54, 1.807) is 59.5 Å². The molecule has 1 aliphatic heterocycles. The van der Waals surface area contributed by atoms with Crippen LogP contribution in [0, 0.1) is 0 Å². The highest BCUT2D eigenvalue weighted by Gasteiger charge is 2.34. The zero-order valence-corrected chi connectivity index (χ0v) is 16.3. The third-order valence-electron chi connectivity index (χ3n) is 4.72. The number of imide groups is 1. The van der Waals surface area contributed by atoms with Gasteiger partial charge in [-0.3, -0.25) is 24.1 Å². The molecule has 0 fully saturated rings. The van der Waals surface area contributed by atoms with Crippen LogP contribution in [0.25, 0.3) is 5.69 Å². The molecule has 10 nitrogen and oxygen atoms in total. The molecule has 1 aliphatic rings. The number of nitrogens with zero attached hydrogens (tertiary/aromatic N) is 4. The molecule has 4 amide bonds. The van der Waals surface area contributed by atoms with Gasteiger partial charge in [0.1, 0.15) is 12.7 Å². The summed E-state index contributed by atoms with van der Waals surface area (Å²) in [6.07, 6.45) is 2.89. The van der Waals surface area contributed by atoms with Crippen molar-refractivity contribution in [3.05, 3.63) is 72.3 Å². The summed E-state index contributed by atoms with van der Waals surface area (Å²) in [6, 6.07) is 13.5. The van der Waals surface area contributed by atoms with Crippen LogP contribution in [-0.2, 0) is 9.59 Å². The summed E-state index contributed by atoms with van der Waals surface area (Å²) in [4.78, 5) is 53.6. The van der Waals surface area contributed by atoms with Gasteiger partial charge in [0.25, 0.3) is 11.8 Å². The van der Waals surface area contributed by atoms with E-state index < -0.39 is 23.6 Å². The lowest BCUT2D eigenvalue weighted by atomic mass is 10.1. The molecule has 0 radical (unpaired) electrons. The standard InChI is InChI=1S/C21H18N6O4/c28-18(9-10-26-20(30)16-3-1-2-4-17(16)21(26)31)23-11-19(29)25-14-5-7-15(8-6-14)27-13-22-12-24-27/h1-8,12-13H,9-11H2,(H,23,28)(H,25,29). The Kier molecular flexibility index (Phi) is 5.52. The minimum atomic E-state index is -0.437. The Labute approximate surface area is 176 Å². The quantitative estimate of drug-likeness (QED) is 0.552. The molecule has 10 heteroatoms. The monoisotopic (exact) mass is 418 g/mol. The lowest BCUT2D eigenvalue weighted by molar-refractivity contribution is -0.124. The first-order chi connectivity index (χ1) is 15.0. The lowest BCUT2D eigenvalue weighted by Gasteiger charge is -2.13. The summed E-state index contributed by atoms with van der Waals surface area (Å²) in [6.45, 7) is -0.282. The Hall–Kier alpha value is -4.34. The average molecular weight is 418 g/mol. The molecule has 0 saturated heterocycles. The maximum atomic E-state index is 12.3. The van der Waals surface area contributed by atoms with Gasteiger partial charge in [-0.1, -0.05) is 12.1 Å². The fraction of sp³-hybridized carbons (Fsp3) is 0.143. The number of fused-ring (bicyclic) bond motifs is 1. The van der Waals surface area contributed by atoms with E-state index >= 15 is 0 Å². The molecule has 4 rings (SSSR count). The molecule has 0 aliphatic carbocycles. The highest BCUT2D eigenvalue weighted by Crippen LogP contribution is 2.22. The maximum absolute atomic E-state index is 12.3. The van der Waals surface area contributed by atoms with Gasteiger partial charge in [-0.15, -0.1) is 0 Å². The molecule has 2 N–H and O–H groups in total. The number of amides is 4. The number of benzene rings is 2. The third-order valence-corrected chi connectivity index (χ3v) is 4.72. The van der Waals surface area contributed by atoms with E-state index in [-0.39, 0.29) is 19.5 Å². The van der Waals surface area contributed by atoms with E-state index in [0.717, 1.165) is 10.6 Å². The molecule has 0 spiro atoms. The number of nitrogens with one attached hydrogen (secondary N) is 2. The topological polar surface area (TPSA) is 126 Å². The Morgan fingerprint density at radius 3 is 2.19 bits per heavy atom. The minimum Gasteiger partial charge on any atom is -0.347 e. The van der Waals surface area contributed by atoms with Gasteiger partial charge in [0.05, 0.1) is 23.4 Å². The minimum absolute atomic E-state index is 0.0520. The summed E-state index contributed by atoms with van der Waals surface area (Å²) in [7, 11) is 0. The van der Waals surface area contributed by atoms with Crippen LogP contribution in [-0.4, -0.2) is 56.4 Å². The fourth-order valence-corrected chi connectivity index (χ4v) is 3.17. The molecule has 2 aromatic carbocycles. The predicted molar refractivity (Wildman–Crippen MR) is 109 cm³/mol. The molecule has 0 unspecified atom stereocenters. The molecule has 156 valence electrons. The number of hydrogen-bond donors (Lipinski definition) is 2. The van der Waals surface area contributed by atoms with E-state index in [0.29, 0.717) is 16.8 Å². The Morgan fingerprint density at radius 2 is 1.58 bits per heavy atom. The van der Waals surface area contributed by atoms with Crippen LogP contribution >= 0.6 is 0 Å². The zero-order valence-electron chi connectivity index (χ0n) is 16.3. The van der Waals surface area contributed by atoms with Gasteiger partial charge >= 0.3 is 0 Å². The number of aromatic nitrogens is 3. The second-order valence-corrected chi connectivity index (χ2v) is 6.77. The van der Waals surface area contributed by atoms with Crippen LogP contribution in [0.4, 0.5) is 5.69 Å². The number of hydrogen-bond acceptors (Lipinski definition) is 6. The van der Waals surface area contributed by atoms with Gasteiger partial charge < -0.3 is 10.6 Å². The first kappa shape index (κ1) is 20.0. The normalized spacial score (nSPS) is 12.6. The molecule has 31 heavy (non-hydrogen) atoms. The van der Waals surface area contributed by atoms with E-state index in [9.17, 15) is 19.2 Å². The van der Waals surface area contributed by atoms with E-state index in [2.05, 4.69) is 20.7 Å². The SMILES string of the molecule is O=C(CCN1C(=O)c2ccccc2C1=O)NCC(=O)Nc1ccc(-n2cncn2)cc1. The number of rotatable bonds is 7. The number of carbonyl (C=O) groups excluding carboxylic acids is 4. The van der Waals surface area contributed by atoms with E-state index in [1.807, 2.05) is 0 Å². The summed E-state index contributed by atoms with van der Waals surface area (Å²) >= 11 is 0. The first-order valence-corrected chi connectivity index (χ1v) is 9.50.